The Morgan fingerprint density at radius 3 is 2.22 bits per heavy atom. The van der Waals surface area contributed by atoms with E-state index in [-0.39, 0.29) is 11.7 Å². The summed E-state index contributed by atoms with van der Waals surface area (Å²) in [5.41, 5.74) is 5.27. The minimum atomic E-state index is -4.73. The number of piperazine rings is 1. The highest BCUT2D eigenvalue weighted by Crippen LogP contribution is 2.36. The van der Waals surface area contributed by atoms with Crippen molar-refractivity contribution >= 4 is 40.6 Å². The van der Waals surface area contributed by atoms with Gasteiger partial charge < -0.3 is 15.5 Å². The van der Waals surface area contributed by atoms with Gasteiger partial charge in [0.2, 0.25) is 5.91 Å². The Labute approximate surface area is 163 Å². The average Bonchev–Trinajstić information content (AvgIpc) is 2.91. The van der Waals surface area contributed by atoms with Gasteiger partial charge >= 0.3 is 6.18 Å². The van der Waals surface area contributed by atoms with Crippen molar-refractivity contribution in [1.82, 2.24) is 14.7 Å². The van der Waals surface area contributed by atoms with E-state index < -0.39 is 23.4 Å². The second-order valence-corrected chi connectivity index (χ2v) is 6.86. The molecule has 2 aromatic rings. The van der Waals surface area contributed by atoms with E-state index in [0.717, 1.165) is 10.4 Å². The lowest BCUT2D eigenvalue weighted by molar-refractivity contribution is -0.142. The maximum Gasteiger partial charge on any atom is 0.436 e. The molecular weight excluding hydrogens is 406 g/mol. The van der Waals surface area contributed by atoms with Crippen molar-refractivity contribution in [3.8, 4) is 0 Å². The Morgan fingerprint density at radius 2 is 1.70 bits per heavy atom. The summed E-state index contributed by atoms with van der Waals surface area (Å²) >= 11 is 11.5. The van der Waals surface area contributed by atoms with E-state index in [1.807, 2.05) is 12.1 Å². The average molecular weight is 422 g/mol. The zero-order chi connectivity index (χ0) is 19.8. The summed E-state index contributed by atoms with van der Waals surface area (Å²) < 4.78 is 39.3. The molecule has 1 amide bonds. The Kier molecular flexibility index (Phi) is 5.43. The predicted molar refractivity (Wildman–Crippen MR) is 96.9 cm³/mol. The molecule has 3 rings (SSSR count). The van der Waals surface area contributed by atoms with Gasteiger partial charge in [-0.3, -0.25) is 4.79 Å². The molecular formula is C16H16Cl2F3N5O. The Bertz CT molecular complexity index is 830. The van der Waals surface area contributed by atoms with Gasteiger partial charge in [0.1, 0.15) is 17.4 Å². The van der Waals surface area contributed by atoms with Gasteiger partial charge in [-0.2, -0.15) is 18.3 Å². The van der Waals surface area contributed by atoms with Crippen LogP contribution in [0, 0.1) is 0 Å². The summed E-state index contributed by atoms with van der Waals surface area (Å²) in [5, 5.41) is 3.30. The van der Waals surface area contributed by atoms with Gasteiger partial charge in [-0.1, -0.05) is 23.2 Å². The van der Waals surface area contributed by atoms with Crippen LogP contribution in [0.4, 0.5) is 24.7 Å². The van der Waals surface area contributed by atoms with Gasteiger partial charge in [0.25, 0.3) is 0 Å². The second-order valence-electron chi connectivity index (χ2n) is 6.05. The first-order valence-electron chi connectivity index (χ1n) is 8.04. The molecule has 6 nitrogen and oxygen atoms in total. The third-order valence-electron chi connectivity index (χ3n) is 4.31. The molecule has 0 saturated carbocycles. The Balaban J connectivity index is 1.63. The zero-order valence-corrected chi connectivity index (χ0v) is 15.5. The topological polar surface area (TPSA) is 67.4 Å². The molecule has 2 heterocycles. The first kappa shape index (κ1) is 19.6. The van der Waals surface area contributed by atoms with Crippen LogP contribution in [-0.4, -0.2) is 46.8 Å². The third kappa shape index (κ3) is 4.24. The van der Waals surface area contributed by atoms with E-state index in [1.165, 1.54) is 0 Å². The predicted octanol–water partition coefficient (Wildman–Crippen LogP) is 3.14. The lowest BCUT2D eigenvalue weighted by Gasteiger charge is -2.36. The number of aromatic nitrogens is 2. The molecule has 11 heteroatoms. The number of hydrogen-bond donors (Lipinski definition) is 1. The van der Waals surface area contributed by atoms with Crippen LogP contribution in [0.3, 0.4) is 0 Å². The first-order valence-corrected chi connectivity index (χ1v) is 8.79. The molecule has 1 fully saturated rings. The fourth-order valence-electron chi connectivity index (χ4n) is 2.85. The van der Waals surface area contributed by atoms with Crippen molar-refractivity contribution in [1.29, 1.82) is 0 Å². The molecule has 146 valence electrons. The van der Waals surface area contributed by atoms with E-state index >= 15 is 0 Å². The third-order valence-corrected chi connectivity index (χ3v) is 4.93. The van der Waals surface area contributed by atoms with Crippen LogP contribution in [0.5, 0.6) is 0 Å². The number of carbonyl (C=O) groups is 1. The molecule has 1 aromatic carbocycles. The van der Waals surface area contributed by atoms with Crippen LogP contribution < -0.4 is 10.6 Å². The summed E-state index contributed by atoms with van der Waals surface area (Å²) in [6.07, 6.45) is -4.73. The highest BCUT2D eigenvalue weighted by atomic mass is 35.5. The maximum atomic E-state index is 12.8. The molecule has 0 unspecified atom stereocenters. The molecule has 0 radical (unpaired) electrons. The minimum absolute atomic E-state index is 0.370. The number of alkyl halides is 3. The number of nitrogens with zero attached hydrogens (tertiary/aromatic N) is 4. The van der Waals surface area contributed by atoms with Crippen molar-refractivity contribution in [2.75, 3.05) is 36.8 Å². The normalized spacial score (nSPS) is 15.3. The molecule has 1 aromatic heterocycles. The van der Waals surface area contributed by atoms with Gasteiger partial charge in [-0.25, -0.2) is 4.68 Å². The van der Waals surface area contributed by atoms with Gasteiger partial charge in [0.15, 0.2) is 5.69 Å². The van der Waals surface area contributed by atoms with E-state index in [9.17, 15) is 18.0 Å². The molecule has 2 N–H and O–H groups in total. The number of nitrogen functional groups attached to an aromatic ring is 1. The smallest absolute Gasteiger partial charge is 0.383 e. The van der Waals surface area contributed by atoms with Gasteiger partial charge in [-0.15, -0.1) is 0 Å². The fraction of sp³-hybridized carbons (Fsp3) is 0.375. The molecule has 1 saturated heterocycles. The summed E-state index contributed by atoms with van der Waals surface area (Å²) in [4.78, 5) is 16.1. The lowest BCUT2D eigenvalue weighted by atomic mass is 10.2. The molecule has 1 aliphatic rings. The number of nitrogens with two attached hydrogens (primary N) is 1. The van der Waals surface area contributed by atoms with Crippen LogP contribution in [0.2, 0.25) is 10.0 Å². The first-order chi connectivity index (χ1) is 12.7. The van der Waals surface area contributed by atoms with Gasteiger partial charge in [-0.05, 0) is 24.3 Å². The number of benzene rings is 1. The fourth-order valence-corrected chi connectivity index (χ4v) is 3.22. The molecule has 0 bridgehead atoms. The number of anilines is 2. The molecule has 0 aliphatic carbocycles. The Hall–Kier alpha value is -2.13. The number of hydrogen-bond acceptors (Lipinski definition) is 4. The van der Waals surface area contributed by atoms with Crippen molar-refractivity contribution in [3.05, 3.63) is 40.0 Å². The van der Waals surface area contributed by atoms with E-state index in [2.05, 4.69) is 10.00 Å². The van der Waals surface area contributed by atoms with Crippen LogP contribution >= 0.6 is 23.2 Å². The summed E-state index contributed by atoms with van der Waals surface area (Å²) in [6, 6.07) is 7.36. The number of halogens is 5. The van der Waals surface area contributed by atoms with E-state index in [1.54, 1.807) is 17.0 Å². The van der Waals surface area contributed by atoms with Gasteiger partial charge in [0, 0.05) is 36.9 Å². The van der Waals surface area contributed by atoms with Crippen LogP contribution in [-0.2, 0) is 17.5 Å². The molecule has 1 aliphatic heterocycles. The van der Waals surface area contributed by atoms with Crippen molar-refractivity contribution in [3.63, 3.8) is 0 Å². The minimum Gasteiger partial charge on any atom is -0.383 e. The summed E-state index contributed by atoms with van der Waals surface area (Å²) in [5.74, 6) is -0.748. The monoisotopic (exact) mass is 421 g/mol. The quantitative estimate of drug-likeness (QED) is 0.826. The van der Waals surface area contributed by atoms with Crippen molar-refractivity contribution in [2.24, 2.45) is 0 Å². The van der Waals surface area contributed by atoms with Gasteiger partial charge in [0.05, 0.1) is 0 Å². The highest BCUT2D eigenvalue weighted by Gasteiger charge is 2.39. The largest absolute Gasteiger partial charge is 0.436 e. The number of amides is 1. The van der Waals surface area contributed by atoms with E-state index in [0.29, 0.717) is 31.2 Å². The van der Waals surface area contributed by atoms with Crippen molar-refractivity contribution < 1.29 is 18.0 Å². The van der Waals surface area contributed by atoms with Crippen LogP contribution in [0.15, 0.2) is 24.3 Å². The molecule has 0 atom stereocenters. The summed E-state index contributed by atoms with van der Waals surface area (Å²) in [6.45, 7) is 1.65. The number of rotatable bonds is 3. The van der Waals surface area contributed by atoms with Crippen molar-refractivity contribution in [2.45, 2.75) is 12.7 Å². The maximum absolute atomic E-state index is 12.8. The lowest BCUT2D eigenvalue weighted by Crippen LogP contribution is -2.49. The van der Waals surface area contributed by atoms with E-state index in [4.69, 9.17) is 28.9 Å². The Morgan fingerprint density at radius 1 is 1.11 bits per heavy atom. The highest BCUT2D eigenvalue weighted by molar-refractivity contribution is 6.33. The standard InChI is InChI=1S/C16H16Cl2F3N5O/c17-10-1-3-11(4-2-10)24-5-7-25(8-6-24)12(27)9-26-15(22)13(18)14(23-26)16(19,20)21/h1-4H,5-9,22H2. The van der Waals surface area contributed by atoms with Crippen LogP contribution in [0.1, 0.15) is 5.69 Å². The van der Waals surface area contributed by atoms with Crippen LogP contribution in [0.25, 0.3) is 0 Å². The SMILES string of the molecule is Nc1c(Cl)c(C(F)(F)F)nn1CC(=O)N1CCN(c2ccc(Cl)cc2)CC1. The zero-order valence-electron chi connectivity index (χ0n) is 14.0. The second kappa shape index (κ2) is 7.47. The molecule has 0 spiro atoms. The summed E-state index contributed by atoms with van der Waals surface area (Å²) in [7, 11) is 0. The molecule has 27 heavy (non-hydrogen) atoms. The number of carbonyl (C=O) groups excluding carboxylic acids is 1.